The maximum absolute atomic E-state index is 14.0. The third-order valence-electron chi connectivity index (χ3n) is 8.58. The number of rotatable bonds is 5. The van der Waals surface area contributed by atoms with E-state index in [1.807, 2.05) is 31.2 Å². The number of halogens is 1. The molecule has 2 bridgehead atoms. The van der Waals surface area contributed by atoms with E-state index in [1.165, 1.54) is 29.2 Å². The molecule has 0 N–H and O–H groups in total. The molecule has 6 rings (SSSR count). The predicted octanol–water partition coefficient (Wildman–Crippen LogP) is 4.44. The van der Waals surface area contributed by atoms with Crippen LogP contribution in [0, 0.1) is 29.0 Å². The average Bonchev–Trinajstić information content (AvgIpc) is 3.51. The van der Waals surface area contributed by atoms with Gasteiger partial charge in [-0.05, 0) is 62.6 Å². The molecule has 4 unspecified atom stereocenters. The molecule has 0 saturated carbocycles. The van der Waals surface area contributed by atoms with Crippen molar-refractivity contribution in [1.82, 2.24) is 4.90 Å². The molecule has 4 atom stereocenters. The molecule has 0 aromatic heterocycles. The Morgan fingerprint density at radius 3 is 2.45 bits per heavy atom. The molecule has 38 heavy (non-hydrogen) atoms. The summed E-state index contributed by atoms with van der Waals surface area (Å²) < 4.78 is 19.8. The predicted molar refractivity (Wildman–Crippen MR) is 138 cm³/mol. The van der Waals surface area contributed by atoms with Crippen LogP contribution in [0.4, 0.5) is 10.1 Å². The molecule has 3 aliphatic rings. The Kier molecular flexibility index (Phi) is 5.41. The zero-order valence-corrected chi connectivity index (χ0v) is 21.1. The molecule has 3 fully saturated rings. The number of amides is 3. The van der Waals surface area contributed by atoms with Gasteiger partial charge in [0.15, 0.2) is 0 Å². The first-order valence-corrected chi connectivity index (χ1v) is 12.7. The van der Waals surface area contributed by atoms with E-state index >= 15 is 0 Å². The topological polar surface area (TPSA) is 90.7 Å². The number of fused-ring (bicyclic) bond motifs is 6. The van der Waals surface area contributed by atoms with Gasteiger partial charge in [0.2, 0.25) is 11.8 Å². The summed E-state index contributed by atoms with van der Waals surface area (Å²) in [6, 6.07) is 18.2. The highest BCUT2D eigenvalue weighted by Crippen LogP contribution is 2.62. The van der Waals surface area contributed by atoms with Gasteiger partial charge in [0.25, 0.3) is 5.91 Å². The molecule has 3 aromatic carbocycles. The number of anilines is 1. The van der Waals surface area contributed by atoms with Gasteiger partial charge in [-0.1, -0.05) is 24.3 Å². The van der Waals surface area contributed by atoms with Gasteiger partial charge in [0, 0.05) is 29.9 Å². The van der Waals surface area contributed by atoms with Gasteiger partial charge in [-0.15, -0.1) is 0 Å². The first-order chi connectivity index (χ1) is 18.2. The maximum Gasteiger partial charge on any atom is 0.253 e. The molecule has 3 saturated heterocycles. The average molecular weight is 512 g/mol. The normalized spacial score (nSPS) is 27.6. The van der Waals surface area contributed by atoms with Crippen molar-refractivity contribution in [2.45, 2.75) is 37.4 Å². The van der Waals surface area contributed by atoms with Crippen molar-refractivity contribution in [3.63, 3.8) is 0 Å². The minimum atomic E-state index is -0.860. The molecule has 0 aliphatic carbocycles. The van der Waals surface area contributed by atoms with Gasteiger partial charge in [0.05, 0.1) is 40.4 Å². The summed E-state index contributed by atoms with van der Waals surface area (Å²) in [4.78, 5) is 43.6. The molecular formula is C30H26FN3O4. The number of carbonyl (C=O) groups excluding carboxylic acids is 3. The van der Waals surface area contributed by atoms with Crippen LogP contribution in [0.3, 0.4) is 0 Å². The number of nitriles is 1. The minimum absolute atomic E-state index is 0.254. The summed E-state index contributed by atoms with van der Waals surface area (Å²) in [5.74, 6) is -2.52. The highest BCUT2D eigenvalue weighted by molar-refractivity contribution is 6.26. The summed E-state index contributed by atoms with van der Waals surface area (Å²) in [5, 5.41) is 10.9. The monoisotopic (exact) mass is 511 g/mol. The van der Waals surface area contributed by atoms with Crippen molar-refractivity contribution in [2.75, 3.05) is 18.5 Å². The molecule has 0 radical (unpaired) electrons. The molecule has 3 amide bonds. The molecule has 8 heteroatoms. The van der Waals surface area contributed by atoms with E-state index in [4.69, 9.17) is 4.74 Å². The Labute approximate surface area is 219 Å². The summed E-state index contributed by atoms with van der Waals surface area (Å²) in [5.41, 5.74) is -0.302. The Morgan fingerprint density at radius 1 is 1.05 bits per heavy atom. The van der Waals surface area contributed by atoms with E-state index in [-0.39, 0.29) is 17.7 Å². The number of imide groups is 1. The standard InChI is InChI=1S/C30H26FN3O4/c1-29-13-14-30(38-29,15-16-33(2)26(35)18-7-10-20(31)11-8-18)25-24(29)27(36)34(28(25)37)23-12-9-19(17-32)21-5-3-4-6-22(21)23/h3-12,24-25H,13-16H2,1-2H3. The SMILES string of the molecule is CN(CCC12CCC(C)(O1)C1C(=O)N(c3ccc(C#N)c4ccccc34)C(=O)C12)C(=O)c1ccc(F)cc1. The van der Waals surface area contributed by atoms with Gasteiger partial charge < -0.3 is 9.64 Å². The molecule has 7 nitrogen and oxygen atoms in total. The third kappa shape index (κ3) is 3.38. The fraction of sp³-hybridized carbons (Fsp3) is 0.333. The van der Waals surface area contributed by atoms with Gasteiger partial charge in [0.1, 0.15) is 5.82 Å². The van der Waals surface area contributed by atoms with Gasteiger partial charge >= 0.3 is 0 Å². The molecule has 0 spiro atoms. The van der Waals surface area contributed by atoms with Crippen LogP contribution < -0.4 is 4.90 Å². The zero-order chi connectivity index (χ0) is 26.8. The van der Waals surface area contributed by atoms with Gasteiger partial charge in [-0.2, -0.15) is 5.26 Å². The maximum atomic E-state index is 14.0. The summed E-state index contributed by atoms with van der Waals surface area (Å²) in [6.45, 7) is 2.22. The summed E-state index contributed by atoms with van der Waals surface area (Å²) >= 11 is 0. The second-order valence-electron chi connectivity index (χ2n) is 10.7. The quantitative estimate of drug-likeness (QED) is 0.473. The first-order valence-electron chi connectivity index (χ1n) is 12.7. The van der Waals surface area contributed by atoms with Crippen LogP contribution in [0.15, 0.2) is 60.7 Å². The van der Waals surface area contributed by atoms with Crippen LogP contribution in [0.5, 0.6) is 0 Å². The second kappa shape index (κ2) is 8.47. The lowest BCUT2D eigenvalue weighted by Crippen LogP contribution is -2.44. The first kappa shape index (κ1) is 24.3. The Bertz CT molecular complexity index is 1550. The van der Waals surface area contributed by atoms with Crippen molar-refractivity contribution in [1.29, 1.82) is 5.26 Å². The minimum Gasteiger partial charge on any atom is -0.367 e. The lowest BCUT2D eigenvalue weighted by atomic mass is 9.67. The van der Waals surface area contributed by atoms with E-state index in [9.17, 15) is 24.0 Å². The van der Waals surface area contributed by atoms with Crippen molar-refractivity contribution >= 4 is 34.2 Å². The van der Waals surface area contributed by atoms with Crippen molar-refractivity contribution in [3.8, 4) is 6.07 Å². The highest BCUT2D eigenvalue weighted by atomic mass is 19.1. The zero-order valence-electron chi connectivity index (χ0n) is 21.1. The summed E-state index contributed by atoms with van der Waals surface area (Å²) in [7, 11) is 1.67. The highest BCUT2D eigenvalue weighted by Gasteiger charge is 2.73. The number of hydrogen-bond acceptors (Lipinski definition) is 5. The molecule has 3 aliphatic heterocycles. The fourth-order valence-electron chi connectivity index (χ4n) is 6.69. The number of hydrogen-bond donors (Lipinski definition) is 0. The molecule has 3 heterocycles. The van der Waals surface area contributed by atoms with E-state index in [0.29, 0.717) is 53.4 Å². The third-order valence-corrected chi connectivity index (χ3v) is 8.58. The molecule has 3 aromatic rings. The van der Waals surface area contributed by atoms with Crippen molar-refractivity contribution < 1.29 is 23.5 Å². The molecule has 192 valence electrons. The van der Waals surface area contributed by atoms with Crippen molar-refractivity contribution in [3.05, 3.63) is 77.6 Å². The van der Waals surface area contributed by atoms with E-state index in [1.54, 1.807) is 24.1 Å². The Hall–Kier alpha value is -4.09. The number of carbonyl (C=O) groups is 3. The number of ether oxygens (including phenoxy) is 1. The lowest BCUT2D eigenvalue weighted by molar-refractivity contribution is -0.130. The number of benzene rings is 3. The largest absolute Gasteiger partial charge is 0.367 e. The smallest absolute Gasteiger partial charge is 0.253 e. The van der Waals surface area contributed by atoms with Crippen LogP contribution in [0.1, 0.15) is 42.1 Å². The van der Waals surface area contributed by atoms with Crippen LogP contribution in [-0.2, 0) is 14.3 Å². The lowest BCUT2D eigenvalue weighted by Gasteiger charge is -2.32. The van der Waals surface area contributed by atoms with Gasteiger partial charge in [-0.25, -0.2) is 9.29 Å². The fourth-order valence-corrected chi connectivity index (χ4v) is 6.69. The van der Waals surface area contributed by atoms with E-state index in [2.05, 4.69) is 6.07 Å². The summed E-state index contributed by atoms with van der Waals surface area (Å²) in [6.07, 6.45) is 1.66. The van der Waals surface area contributed by atoms with Crippen LogP contribution in [-0.4, -0.2) is 47.4 Å². The van der Waals surface area contributed by atoms with E-state index in [0.717, 1.165) is 0 Å². The van der Waals surface area contributed by atoms with E-state index < -0.39 is 28.9 Å². The Balaban J connectivity index is 1.31. The second-order valence-corrected chi connectivity index (χ2v) is 10.7. The van der Waals surface area contributed by atoms with Gasteiger partial charge in [-0.3, -0.25) is 14.4 Å². The van der Waals surface area contributed by atoms with Crippen molar-refractivity contribution in [2.24, 2.45) is 11.8 Å². The number of nitrogens with zero attached hydrogens (tertiary/aromatic N) is 3. The molecular weight excluding hydrogens is 485 g/mol. The van der Waals surface area contributed by atoms with Crippen LogP contribution in [0.2, 0.25) is 0 Å². The Morgan fingerprint density at radius 2 is 1.74 bits per heavy atom. The van der Waals surface area contributed by atoms with Crippen LogP contribution >= 0.6 is 0 Å². The van der Waals surface area contributed by atoms with Crippen LogP contribution in [0.25, 0.3) is 10.8 Å².